The van der Waals surface area contributed by atoms with Crippen LogP contribution in [0.15, 0.2) is 59.5 Å². The van der Waals surface area contributed by atoms with Gasteiger partial charge in [0.1, 0.15) is 6.04 Å². The van der Waals surface area contributed by atoms with Crippen molar-refractivity contribution in [3.63, 3.8) is 0 Å². The molecule has 1 N–H and O–H groups in total. The quantitative estimate of drug-likeness (QED) is 0.641. The van der Waals surface area contributed by atoms with Crippen molar-refractivity contribution < 1.29 is 13.2 Å². The van der Waals surface area contributed by atoms with Gasteiger partial charge in [-0.15, -0.1) is 0 Å². The number of sulfonamides is 1. The van der Waals surface area contributed by atoms with E-state index in [2.05, 4.69) is 10.2 Å². The zero-order valence-electron chi connectivity index (χ0n) is 18.4. The zero-order chi connectivity index (χ0) is 23.1. The second kappa shape index (κ2) is 10.7. The third kappa shape index (κ3) is 5.93. The number of nitriles is 1. The molecule has 1 atom stereocenters. The van der Waals surface area contributed by atoms with E-state index < -0.39 is 16.1 Å². The fourth-order valence-electron chi connectivity index (χ4n) is 3.69. The van der Waals surface area contributed by atoms with Crippen LogP contribution in [0.4, 0.5) is 0 Å². The van der Waals surface area contributed by atoms with E-state index in [0.29, 0.717) is 32.7 Å². The SMILES string of the molecule is CN(C)CCNC(=O)C1CN(Cc2ccccc2)CCN1S(=O)(=O)c1cccc(C#N)c1. The van der Waals surface area contributed by atoms with E-state index in [1.165, 1.54) is 16.4 Å². The molecule has 1 aliphatic heterocycles. The highest BCUT2D eigenvalue weighted by Crippen LogP contribution is 2.23. The Morgan fingerprint density at radius 3 is 2.59 bits per heavy atom. The molecule has 2 aromatic carbocycles. The molecule has 0 saturated carbocycles. The Morgan fingerprint density at radius 2 is 1.91 bits per heavy atom. The van der Waals surface area contributed by atoms with E-state index in [4.69, 9.17) is 5.26 Å². The number of nitrogens with zero attached hydrogens (tertiary/aromatic N) is 4. The second-order valence-electron chi connectivity index (χ2n) is 8.09. The second-order valence-corrected chi connectivity index (χ2v) is 9.98. The van der Waals surface area contributed by atoms with Crippen molar-refractivity contribution in [2.75, 3.05) is 46.8 Å². The van der Waals surface area contributed by atoms with E-state index >= 15 is 0 Å². The van der Waals surface area contributed by atoms with E-state index in [0.717, 1.165) is 5.56 Å². The Morgan fingerprint density at radius 1 is 1.16 bits per heavy atom. The number of nitrogens with one attached hydrogen (secondary N) is 1. The van der Waals surface area contributed by atoms with Crippen molar-refractivity contribution in [3.05, 3.63) is 65.7 Å². The third-order valence-electron chi connectivity index (χ3n) is 5.40. The molecule has 0 radical (unpaired) electrons. The number of benzene rings is 2. The topological polar surface area (TPSA) is 96.8 Å². The zero-order valence-corrected chi connectivity index (χ0v) is 19.3. The lowest BCUT2D eigenvalue weighted by atomic mass is 10.1. The predicted octanol–water partition coefficient (Wildman–Crippen LogP) is 1.11. The summed E-state index contributed by atoms with van der Waals surface area (Å²) in [5.74, 6) is -0.315. The summed E-state index contributed by atoms with van der Waals surface area (Å²) in [6.07, 6.45) is 0. The number of piperazine rings is 1. The van der Waals surface area contributed by atoms with Gasteiger partial charge in [-0.1, -0.05) is 36.4 Å². The molecule has 0 spiro atoms. The average Bonchev–Trinajstić information content (AvgIpc) is 2.79. The Hall–Kier alpha value is -2.77. The molecule has 3 rings (SSSR count). The van der Waals surface area contributed by atoms with E-state index in [9.17, 15) is 13.2 Å². The maximum atomic E-state index is 13.4. The molecule has 170 valence electrons. The fraction of sp³-hybridized carbons (Fsp3) is 0.391. The van der Waals surface area contributed by atoms with Crippen molar-refractivity contribution in [2.45, 2.75) is 17.5 Å². The summed E-state index contributed by atoms with van der Waals surface area (Å²) in [5, 5.41) is 12.0. The van der Waals surface area contributed by atoms with Crippen LogP contribution in [0.3, 0.4) is 0 Å². The lowest BCUT2D eigenvalue weighted by molar-refractivity contribution is -0.126. The molecule has 1 unspecified atom stereocenters. The molecule has 1 amide bonds. The van der Waals surface area contributed by atoms with Gasteiger partial charge in [-0.05, 0) is 37.9 Å². The average molecular weight is 456 g/mol. The summed E-state index contributed by atoms with van der Waals surface area (Å²) < 4.78 is 28.1. The number of rotatable bonds is 8. The number of likely N-dealkylation sites (N-methyl/N-ethyl adjacent to an activating group) is 1. The lowest BCUT2D eigenvalue weighted by Crippen LogP contribution is -2.60. The highest BCUT2D eigenvalue weighted by Gasteiger charge is 2.40. The van der Waals surface area contributed by atoms with Crippen molar-refractivity contribution in [1.29, 1.82) is 5.26 Å². The molecule has 0 aliphatic carbocycles. The molecule has 1 aliphatic rings. The molecule has 1 heterocycles. The summed E-state index contributed by atoms with van der Waals surface area (Å²) in [4.78, 5) is 17.2. The van der Waals surface area contributed by atoms with Crippen molar-refractivity contribution in [3.8, 4) is 6.07 Å². The first kappa shape index (κ1) is 23.9. The van der Waals surface area contributed by atoms with Crippen LogP contribution in [0.5, 0.6) is 0 Å². The first-order valence-corrected chi connectivity index (χ1v) is 12.0. The minimum atomic E-state index is -3.94. The Kier molecular flexibility index (Phi) is 7.99. The Bertz CT molecular complexity index is 1070. The molecule has 9 heteroatoms. The van der Waals surface area contributed by atoms with Gasteiger partial charge in [0.25, 0.3) is 0 Å². The van der Waals surface area contributed by atoms with Crippen LogP contribution in [0.1, 0.15) is 11.1 Å². The largest absolute Gasteiger partial charge is 0.353 e. The van der Waals surface area contributed by atoms with E-state index in [1.807, 2.05) is 55.4 Å². The first-order valence-electron chi connectivity index (χ1n) is 10.5. The van der Waals surface area contributed by atoms with Crippen LogP contribution in [-0.4, -0.2) is 81.3 Å². The van der Waals surface area contributed by atoms with Crippen molar-refractivity contribution in [2.24, 2.45) is 0 Å². The van der Waals surface area contributed by atoms with Gasteiger partial charge in [0.2, 0.25) is 15.9 Å². The predicted molar refractivity (Wildman–Crippen MR) is 122 cm³/mol. The van der Waals surface area contributed by atoms with Gasteiger partial charge in [-0.2, -0.15) is 9.57 Å². The standard InChI is InChI=1S/C23H29N5O3S/c1-26(2)12-11-25-23(29)22-18-27(17-19-7-4-3-5-8-19)13-14-28(22)32(30,31)21-10-6-9-20(15-21)16-24/h3-10,15,22H,11-14,17-18H2,1-2H3,(H,25,29). The minimum Gasteiger partial charge on any atom is -0.353 e. The van der Waals surface area contributed by atoms with Crippen LogP contribution in [0.25, 0.3) is 0 Å². The maximum absolute atomic E-state index is 13.4. The number of hydrogen-bond donors (Lipinski definition) is 1. The maximum Gasteiger partial charge on any atom is 0.243 e. The van der Waals surface area contributed by atoms with Crippen molar-refractivity contribution >= 4 is 15.9 Å². The molecule has 1 saturated heterocycles. The summed E-state index contributed by atoms with van der Waals surface area (Å²) in [6.45, 7) is 2.72. The lowest BCUT2D eigenvalue weighted by Gasteiger charge is -2.39. The minimum absolute atomic E-state index is 0.0270. The number of hydrogen-bond acceptors (Lipinski definition) is 6. The molecular formula is C23H29N5O3S. The smallest absolute Gasteiger partial charge is 0.243 e. The molecule has 8 nitrogen and oxygen atoms in total. The van der Waals surface area contributed by atoms with Crippen LogP contribution >= 0.6 is 0 Å². The monoisotopic (exact) mass is 455 g/mol. The van der Waals surface area contributed by atoms with Crippen LogP contribution in [0, 0.1) is 11.3 Å². The molecule has 1 fully saturated rings. The number of amides is 1. The molecule has 0 bridgehead atoms. The molecule has 32 heavy (non-hydrogen) atoms. The van der Waals surface area contributed by atoms with Gasteiger partial charge in [0.15, 0.2) is 0 Å². The molecule has 0 aromatic heterocycles. The van der Waals surface area contributed by atoms with Gasteiger partial charge in [-0.3, -0.25) is 9.69 Å². The normalized spacial score (nSPS) is 17.8. The summed E-state index contributed by atoms with van der Waals surface area (Å²) >= 11 is 0. The fourth-order valence-corrected chi connectivity index (χ4v) is 5.31. The highest BCUT2D eigenvalue weighted by atomic mass is 32.2. The van der Waals surface area contributed by atoms with E-state index in [-0.39, 0.29) is 22.9 Å². The highest BCUT2D eigenvalue weighted by molar-refractivity contribution is 7.89. The van der Waals surface area contributed by atoms with Crippen LogP contribution in [-0.2, 0) is 21.4 Å². The molecular weight excluding hydrogens is 426 g/mol. The van der Waals surface area contributed by atoms with Gasteiger partial charge in [0, 0.05) is 39.3 Å². The van der Waals surface area contributed by atoms with Gasteiger partial charge in [-0.25, -0.2) is 8.42 Å². The van der Waals surface area contributed by atoms with E-state index in [1.54, 1.807) is 12.1 Å². The Labute approximate surface area is 190 Å². The summed E-state index contributed by atoms with van der Waals surface area (Å²) in [5.41, 5.74) is 1.37. The number of carbonyl (C=O) groups is 1. The third-order valence-corrected chi connectivity index (χ3v) is 7.30. The van der Waals surface area contributed by atoms with Crippen LogP contribution < -0.4 is 5.32 Å². The first-order chi connectivity index (χ1) is 15.3. The summed E-state index contributed by atoms with van der Waals surface area (Å²) in [6, 6.07) is 16.9. The van der Waals surface area contributed by atoms with Gasteiger partial charge >= 0.3 is 0 Å². The Balaban J connectivity index is 1.84. The van der Waals surface area contributed by atoms with Gasteiger partial charge < -0.3 is 10.2 Å². The van der Waals surface area contributed by atoms with Crippen LogP contribution in [0.2, 0.25) is 0 Å². The van der Waals surface area contributed by atoms with Crippen molar-refractivity contribution in [1.82, 2.24) is 19.4 Å². The summed E-state index contributed by atoms with van der Waals surface area (Å²) in [7, 11) is -0.122. The molecule has 2 aromatic rings. The van der Waals surface area contributed by atoms with Gasteiger partial charge in [0.05, 0.1) is 16.5 Å². The number of carbonyl (C=O) groups excluding carboxylic acids is 1.